The highest BCUT2D eigenvalue weighted by molar-refractivity contribution is 7.84. The zero-order chi connectivity index (χ0) is 17.9. The van der Waals surface area contributed by atoms with Crippen LogP contribution in [0.1, 0.15) is 32.1 Å². The van der Waals surface area contributed by atoms with E-state index in [-0.39, 0.29) is 6.61 Å². The van der Waals surface area contributed by atoms with Crippen LogP contribution in [-0.2, 0) is 47.5 Å². The van der Waals surface area contributed by atoms with Crippen molar-refractivity contribution in [3.8, 4) is 0 Å². The van der Waals surface area contributed by atoms with Gasteiger partial charge in [-0.15, -0.1) is 0 Å². The van der Waals surface area contributed by atoms with Gasteiger partial charge in [0.15, 0.2) is 5.79 Å². The molecule has 1 saturated carbocycles. The smallest absolute Gasteiger partial charge is 0.343 e. The Morgan fingerprint density at radius 1 is 1.16 bits per heavy atom. The number of nitrogens with two attached hydrogens (primary N) is 1. The summed E-state index contributed by atoms with van der Waals surface area (Å²) in [6.07, 6.45) is 0.878. The molecule has 4 rings (SSSR count). The molecule has 3 aliphatic heterocycles. The van der Waals surface area contributed by atoms with Crippen molar-refractivity contribution in [2.45, 2.75) is 62.0 Å². The Bertz CT molecular complexity index is 746. The van der Waals surface area contributed by atoms with E-state index in [1.54, 1.807) is 0 Å². The van der Waals surface area contributed by atoms with Crippen LogP contribution in [0.25, 0.3) is 0 Å². The van der Waals surface area contributed by atoms with Gasteiger partial charge in [-0.1, -0.05) is 6.42 Å². The molecule has 0 amide bonds. The summed E-state index contributed by atoms with van der Waals surface area (Å²) in [7, 11) is -8.44. The lowest BCUT2D eigenvalue weighted by Crippen LogP contribution is -2.60. The Labute approximate surface area is 145 Å². The van der Waals surface area contributed by atoms with Gasteiger partial charge in [-0.25, -0.2) is 13.5 Å². The maximum absolute atomic E-state index is 11.6. The molecule has 4 atom stereocenters. The van der Waals surface area contributed by atoms with Crippen LogP contribution in [0.15, 0.2) is 0 Å². The third kappa shape index (κ3) is 3.33. The van der Waals surface area contributed by atoms with Gasteiger partial charge in [-0.05, 0) is 12.8 Å². The molecule has 0 aromatic rings. The predicted octanol–water partition coefficient (Wildman–Crippen LogP) is -0.962. The monoisotopic (exact) mass is 401 g/mol. The highest BCUT2D eigenvalue weighted by Gasteiger charge is 2.67. The molecular formula is C12H19NO10S2. The van der Waals surface area contributed by atoms with Crippen LogP contribution in [0.5, 0.6) is 0 Å². The molecule has 3 saturated heterocycles. The summed E-state index contributed by atoms with van der Waals surface area (Å²) in [5, 5.41) is 4.90. The second-order valence-corrected chi connectivity index (χ2v) is 9.02. The zero-order valence-corrected chi connectivity index (χ0v) is 14.8. The van der Waals surface area contributed by atoms with E-state index in [0.717, 1.165) is 19.3 Å². The van der Waals surface area contributed by atoms with Gasteiger partial charge in [-0.3, -0.25) is 4.18 Å². The first-order chi connectivity index (χ1) is 11.6. The minimum absolute atomic E-state index is 0.187. The van der Waals surface area contributed by atoms with E-state index in [9.17, 15) is 16.8 Å². The summed E-state index contributed by atoms with van der Waals surface area (Å²) >= 11 is 0. The van der Waals surface area contributed by atoms with Crippen LogP contribution in [0.2, 0.25) is 0 Å². The van der Waals surface area contributed by atoms with Crippen molar-refractivity contribution in [2.24, 2.45) is 5.14 Å². The quantitative estimate of drug-likeness (QED) is 0.626. The lowest BCUT2D eigenvalue weighted by atomic mass is 9.94. The maximum atomic E-state index is 11.6. The first-order valence-corrected chi connectivity index (χ1v) is 10.7. The lowest BCUT2D eigenvalue weighted by Gasteiger charge is -2.39. The average Bonchev–Trinajstić information content (AvgIpc) is 2.99. The summed E-state index contributed by atoms with van der Waals surface area (Å²) in [4.78, 5) is 0. The van der Waals surface area contributed by atoms with E-state index in [2.05, 4.69) is 4.18 Å². The summed E-state index contributed by atoms with van der Waals surface area (Å²) in [6.45, 7) is -0.765. The second-order valence-electron chi connectivity index (χ2n) is 6.59. The third-order valence-electron chi connectivity index (χ3n) is 4.80. The highest BCUT2D eigenvalue weighted by Crippen LogP contribution is 2.50. The van der Waals surface area contributed by atoms with E-state index < -0.39 is 57.2 Å². The van der Waals surface area contributed by atoms with Crippen LogP contribution in [0.3, 0.4) is 0 Å². The molecule has 0 bridgehead atoms. The van der Waals surface area contributed by atoms with Crippen molar-refractivity contribution >= 4 is 20.7 Å². The van der Waals surface area contributed by atoms with E-state index in [4.69, 9.17) is 27.7 Å². The van der Waals surface area contributed by atoms with Crippen LogP contribution in [0, 0.1) is 0 Å². The van der Waals surface area contributed by atoms with Gasteiger partial charge < -0.3 is 14.2 Å². The zero-order valence-electron chi connectivity index (χ0n) is 13.2. The molecule has 4 fully saturated rings. The van der Waals surface area contributed by atoms with Crippen molar-refractivity contribution in [3.63, 3.8) is 0 Å². The molecule has 25 heavy (non-hydrogen) atoms. The van der Waals surface area contributed by atoms with Crippen LogP contribution in [-0.4, -0.2) is 59.9 Å². The number of ether oxygens (including phenoxy) is 3. The maximum Gasteiger partial charge on any atom is 0.400 e. The first kappa shape index (κ1) is 18.0. The Balaban J connectivity index is 1.66. The highest BCUT2D eigenvalue weighted by atomic mass is 32.3. The Morgan fingerprint density at radius 3 is 2.56 bits per heavy atom. The fraction of sp³-hybridized carbons (Fsp3) is 1.00. The van der Waals surface area contributed by atoms with Crippen molar-refractivity contribution in [2.75, 3.05) is 13.2 Å². The molecular weight excluding hydrogens is 382 g/mol. The molecule has 3 heterocycles. The molecule has 11 nitrogen and oxygen atoms in total. The van der Waals surface area contributed by atoms with Crippen molar-refractivity contribution in [1.82, 2.24) is 0 Å². The molecule has 2 N–H and O–H groups in total. The molecule has 13 heteroatoms. The van der Waals surface area contributed by atoms with E-state index in [1.807, 2.05) is 0 Å². The number of hydrogen-bond donors (Lipinski definition) is 1. The van der Waals surface area contributed by atoms with Gasteiger partial charge in [0.2, 0.25) is 5.79 Å². The first-order valence-electron chi connectivity index (χ1n) is 7.93. The summed E-state index contributed by atoms with van der Waals surface area (Å²) in [6, 6.07) is 0. The third-order valence-corrected chi connectivity index (χ3v) is 6.19. The number of rotatable bonds is 3. The Hall–Kier alpha value is -0.380. The van der Waals surface area contributed by atoms with Crippen LogP contribution in [0.4, 0.5) is 0 Å². The van der Waals surface area contributed by atoms with Gasteiger partial charge >= 0.3 is 20.7 Å². The molecule has 144 valence electrons. The Kier molecular flexibility index (Phi) is 4.18. The van der Waals surface area contributed by atoms with Gasteiger partial charge in [0.05, 0.1) is 6.61 Å². The molecule has 0 aromatic heterocycles. The fourth-order valence-electron chi connectivity index (χ4n) is 3.79. The normalized spacial score (nSPS) is 42.2. The molecule has 4 unspecified atom stereocenters. The minimum Gasteiger partial charge on any atom is -0.343 e. The van der Waals surface area contributed by atoms with Gasteiger partial charge in [0.1, 0.15) is 24.9 Å². The molecule has 0 radical (unpaired) electrons. The lowest BCUT2D eigenvalue weighted by molar-refractivity contribution is -0.299. The summed E-state index contributed by atoms with van der Waals surface area (Å²) in [5.41, 5.74) is 0. The predicted molar refractivity (Wildman–Crippen MR) is 78.2 cm³/mol. The van der Waals surface area contributed by atoms with Crippen molar-refractivity contribution in [3.05, 3.63) is 0 Å². The van der Waals surface area contributed by atoms with Gasteiger partial charge in [0, 0.05) is 12.8 Å². The topological polar surface area (TPSA) is 150 Å². The SMILES string of the molecule is NS(=O)(=O)OCC12OCC3OS(=O)(=O)OC3C1OC1(CCCCC1)O2. The Morgan fingerprint density at radius 2 is 1.88 bits per heavy atom. The summed E-state index contributed by atoms with van der Waals surface area (Å²) < 4.78 is 77.9. The fourth-order valence-corrected chi connectivity index (χ4v) is 5.13. The van der Waals surface area contributed by atoms with Crippen LogP contribution < -0.4 is 5.14 Å². The van der Waals surface area contributed by atoms with E-state index in [1.165, 1.54) is 0 Å². The standard InChI is InChI=1S/C12H19NO10S2/c13-24(14,15)19-7-12-10(20-11(23-12)4-2-1-3-5-11)9-8(6-18-12)21-25(16,17)22-9/h8-10H,1-7H2,(H2,13,14,15). The average molecular weight is 401 g/mol. The van der Waals surface area contributed by atoms with E-state index >= 15 is 0 Å². The largest absolute Gasteiger partial charge is 0.400 e. The molecule has 1 spiro atoms. The van der Waals surface area contributed by atoms with E-state index in [0.29, 0.717) is 12.8 Å². The van der Waals surface area contributed by atoms with Gasteiger partial charge in [-0.2, -0.15) is 16.8 Å². The minimum atomic E-state index is -4.26. The van der Waals surface area contributed by atoms with Crippen molar-refractivity contribution in [1.29, 1.82) is 0 Å². The van der Waals surface area contributed by atoms with Crippen molar-refractivity contribution < 1.29 is 43.6 Å². The number of fused-ring (bicyclic) bond motifs is 3. The molecule has 1 aliphatic carbocycles. The molecule has 0 aromatic carbocycles. The number of hydrogen-bond acceptors (Lipinski definition) is 10. The van der Waals surface area contributed by atoms with Crippen LogP contribution >= 0.6 is 0 Å². The second kappa shape index (κ2) is 5.81. The molecule has 4 aliphatic rings. The summed E-state index contributed by atoms with van der Waals surface area (Å²) in [5.74, 6) is -2.65. The van der Waals surface area contributed by atoms with Gasteiger partial charge in [0.25, 0.3) is 0 Å².